The first-order chi connectivity index (χ1) is 12.1. The third-order valence-electron chi connectivity index (χ3n) is 3.63. The van der Waals surface area contributed by atoms with E-state index in [9.17, 15) is 9.59 Å². The number of carboxylic acids is 1. The number of amides is 2. The number of H-pyrrole nitrogens is 1. The SMILES string of the molecule is O=C(NCc1ccc(C(=O)O)cc1)Nc1ccc(-c2cn[nH]c2)cc1. The second-order valence-electron chi connectivity index (χ2n) is 5.37. The molecule has 0 aliphatic rings. The predicted octanol–water partition coefficient (Wildman–Crippen LogP) is 3.10. The van der Waals surface area contributed by atoms with Crippen molar-refractivity contribution >= 4 is 17.7 Å². The van der Waals surface area contributed by atoms with E-state index >= 15 is 0 Å². The molecule has 126 valence electrons. The molecule has 0 radical (unpaired) electrons. The van der Waals surface area contributed by atoms with Crippen LogP contribution in [0.25, 0.3) is 11.1 Å². The van der Waals surface area contributed by atoms with Gasteiger partial charge in [0.2, 0.25) is 0 Å². The molecule has 3 rings (SSSR count). The average molecular weight is 336 g/mol. The first-order valence-electron chi connectivity index (χ1n) is 7.58. The summed E-state index contributed by atoms with van der Waals surface area (Å²) in [6, 6.07) is 13.4. The van der Waals surface area contributed by atoms with Gasteiger partial charge < -0.3 is 15.7 Å². The van der Waals surface area contributed by atoms with Crippen molar-refractivity contribution in [3.8, 4) is 11.1 Å². The van der Waals surface area contributed by atoms with Gasteiger partial charge in [0.25, 0.3) is 0 Å². The van der Waals surface area contributed by atoms with E-state index < -0.39 is 5.97 Å². The van der Waals surface area contributed by atoms with Gasteiger partial charge in [0.1, 0.15) is 0 Å². The van der Waals surface area contributed by atoms with Gasteiger partial charge in [0.15, 0.2) is 0 Å². The highest BCUT2D eigenvalue weighted by molar-refractivity contribution is 5.89. The van der Waals surface area contributed by atoms with E-state index in [1.807, 2.05) is 24.3 Å². The molecule has 1 heterocycles. The smallest absolute Gasteiger partial charge is 0.335 e. The molecule has 0 spiro atoms. The summed E-state index contributed by atoms with van der Waals surface area (Å²) in [6.45, 7) is 0.304. The molecule has 0 saturated carbocycles. The number of anilines is 1. The molecule has 0 unspecified atom stereocenters. The normalized spacial score (nSPS) is 10.2. The Hall–Kier alpha value is -3.61. The average Bonchev–Trinajstić information content (AvgIpc) is 3.15. The van der Waals surface area contributed by atoms with Gasteiger partial charge in [-0.15, -0.1) is 0 Å². The molecular weight excluding hydrogens is 320 g/mol. The van der Waals surface area contributed by atoms with Crippen molar-refractivity contribution in [3.63, 3.8) is 0 Å². The molecule has 1 aromatic heterocycles. The first kappa shape index (κ1) is 16.3. The van der Waals surface area contributed by atoms with Crippen LogP contribution in [0, 0.1) is 0 Å². The second kappa shape index (κ2) is 7.31. The van der Waals surface area contributed by atoms with Crippen molar-refractivity contribution in [3.05, 3.63) is 72.1 Å². The van der Waals surface area contributed by atoms with Gasteiger partial charge in [-0.1, -0.05) is 24.3 Å². The highest BCUT2D eigenvalue weighted by atomic mass is 16.4. The third-order valence-corrected chi connectivity index (χ3v) is 3.63. The highest BCUT2D eigenvalue weighted by Crippen LogP contribution is 2.19. The highest BCUT2D eigenvalue weighted by Gasteiger charge is 2.05. The van der Waals surface area contributed by atoms with Gasteiger partial charge in [-0.05, 0) is 35.4 Å². The first-order valence-corrected chi connectivity index (χ1v) is 7.58. The summed E-state index contributed by atoms with van der Waals surface area (Å²) in [6.07, 6.45) is 3.52. The molecule has 0 aliphatic carbocycles. The maximum absolute atomic E-state index is 11.9. The van der Waals surface area contributed by atoms with E-state index in [0.717, 1.165) is 16.7 Å². The maximum atomic E-state index is 11.9. The van der Waals surface area contributed by atoms with Crippen LogP contribution in [0.3, 0.4) is 0 Å². The van der Waals surface area contributed by atoms with Gasteiger partial charge in [0.05, 0.1) is 11.8 Å². The van der Waals surface area contributed by atoms with Crippen LogP contribution in [0.4, 0.5) is 10.5 Å². The second-order valence-corrected chi connectivity index (χ2v) is 5.37. The van der Waals surface area contributed by atoms with E-state index in [1.165, 1.54) is 12.1 Å². The van der Waals surface area contributed by atoms with Gasteiger partial charge >= 0.3 is 12.0 Å². The minimum absolute atomic E-state index is 0.214. The Morgan fingerprint density at radius 3 is 2.32 bits per heavy atom. The van der Waals surface area contributed by atoms with Gasteiger partial charge in [0, 0.05) is 24.0 Å². The van der Waals surface area contributed by atoms with Crippen LogP contribution < -0.4 is 10.6 Å². The van der Waals surface area contributed by atoms with Crippen LogP contribution in [0.15, 0.2) is 60.9 Å². The van der Waals surface area contributed by atoms with Crippen molar-refractivity contribution in [2.45, 2.75) is 6.54 Å². The Bertz CT molecular complexity index is 856. The number of hydrogen-bond donors (Lipinski definition) is 4. The van der Waals surface area contributed by atoms with Crippen LogP contribution in [0.5, 0.6) is 0 Å². The molecule has 0 aliphatic heterocycles. The quantitative estimate of drug-likeness (QED) is 0.574. The molecule has 0 fully saturated rings. The summed E-state index contributed by atoms with van der Waals surface area (Å²) in [5.74, 6) is -0.976. The molecule has 2 amide bonds. The molecule has 0 bridgehead atoms. The Morgan fingerprint density at radius 2 is 1.72 bits per heavy atom. The number of urea groups is 1. The van der Waals surface area contributed by atoms with Crippen LogP contribution in [-0.4, -0.2) is 27.3 Å². The van der Waals surface area contributed by atoms with Crippen molar-refractivity contribution in [2.24, 2.45) is 0 Å². The van der Waals surface area contributed by atoms with E-state index in [-0.39, 0.29) is 11.6 Å². The number of hydrogen-bond acceptors (Lipinski definition) is 3. The van der Waals surface area contributed by atoms with Crippen molar-refractivity contribution in [1.29, 1.82) is 0 Å². The molecule has 0 saturated heterocycles. The minimum atomic E-state index is -0.976. The predicted molar refractivity (Wildman–Crippen MR) is 93.3 cm³/mol. The summed E-state index contributed by atoms with van der Waals surface area (Å²) in [7, 11) is 0. The van der Waals surface area contributed by atoms with E-state index in [2.05, 4.69) is 20.8 Å². The topological polar surface area (TPSA) is 107 Å². The zero-order chi connectivity index (χ0) is 17.6. The Kier molecular flexibility index (Phi) is 4.75. The van der Waals surface area contributed by atoms with Crippen LogP contribution in [-0.2, 0) is 6.54 Å². The summed E-state index contributed by atoms with van der Waals surface area (Å²) in [5.41, 5.74) is 3.67. The third kappa shape index (κ3) is 4.23. The Labute approximate surface area is 143 Å². The van der Waals surface area contributed by atoms with Crippen LogP contribution in [0.2, 0.25) is 0 Å². The van der Waals surface area contributed by atoms with E-state index in [0.29, 0.717) is 12.2 Å². The summed E-state index contributed by atoms with van der Waals surface area (Å²) < 4.78 is 0. The molecule has 0 atom stereocenters. The number of nitrogens with zero attached hydrogens (tertiary/aromatic N) is 1. The molecule has 25 heavy (non-hydrogen) atoms. The number of carbonyl (C=O) groups is 2. The lowest BCUT2D eigenvalue weighted by molar-refractivity contribution is 0.0697. The lowest BCUT2D eigenvalue weighted by atomic mass is 10.1. The molecule has 2 aromatic carbocycles. The number of nitrogens with one attached hydrogen (secondary N) is 3. The molecule has 7 heteroatoms. The Balaban J connectivity index is 1.53. The number of carboxylic acid groups (broad SMARTS) is 1. The minimum Gasteiger partial charge on any atom is -0.478 e. The van der Waals surface area contributed by atoms with Crippen molar-refractivity contribution in [1.82, 2.24) is 15.5 Å². The summed E-state index contributed by atoms with van der Waals surface area (Å²) in [5, 5.41) is 21.0. The number of aromatic nitrogens is 2. The van der Waals surface area contributed by atoms with Crippen LogP contribution in [0.1, 0.15) is 15.9 Å². The van der Waals surface area contributed by atoms with E-state index in [4.69, 9.17) is 5.11 Å². The molecule has 7 nitrogen and oxygen atoms in total. The summed E-state index contributed by atoms with van der Waals surface area (Å²) >= 11 is 0. The number of aromatic amines is 1. The number of rotatable bonds is 5. The Morgan fingerprint density at radius 1 is 1.00 bits per heavy atom. The van der Waals surface area contributed by atoms with Crippen LogP contribution >= 0.6 is 0 Å². The van der Waals surface area contributed by atoms with Gasteiger partial charge in [-0.2, -0.15) is 5.10 Å². The molecule has 4 N–H and O–H groups in total. The fourth-order valence-corrected chi connectivity index (χ4v) is 2.28. The zero-order valence-electron chi connectivity index (χ0n) is 13.2. The fraction of sp³-hybridized carbons (Fsp3) is 0.0556. The largest absolute Gasteiger partial charge is 0.478 e. The van der Waals surface area contributed by atoms with Crippen molar-refractivity contribution < 1.29 is 14.7 Å². The lowest BCUT2D eigenvalue weighted by Gasteiger charge is -2.08. The molecular formula is C18H16N4O3. The molecule has 3 aromatic rings. The summed E-state index contributed by atoms with van der Waals surface area (Å²) in [4.78, 5) is 22.7. The van der Waals surface area contributed by atoms with E-state index in [1.54, 1.807) is 24.5 Å². The van der Waals surface area contributed by atoms with Gasteiger partial charge in [-0.3, -0.25) is 5.10 Å². The zero-order valence-corrected chi connectivity index (χ0v) is 13.2. The number of benzene rings is 2. The fourth-order valence-electron chi connectivity index (χ4n) is 2.28. The number of aromatic carboxylic acids is 1. The lowest BCUT2D eigenvalue weighted by Crippen LogP contribution is -2.28. The van der Waals surface area contributed by atoms with Gasteiger partial charge in [-0.25, -0.2) is 9.59 Å². The maximum Gasteiger partial charge on any atom is 0.335 e. The van der Waals surface area contributed by atoms with Crippen molar-refractivity contribution in [2.75, 3.05) is 5.32 Å². The monoisotopic (exact) mass is 336 g/mol. The standard InChI is InChI=1S/C18H16N4O3/c23-17(24)14-3-1-12(2-4-14)9-19-18(25)22-16-7-5-13(6-8-16)15-10-20-21-11-15/h1-8,10-11H,9H2,(H,20,21)(H,23,24)(H2,19,22,25). The number of carbonyl (C=O) groups excluding carboxylic acids is 1.